The van der Waals surface area contributed by atoms with Crippen molar-refractivity contribution in [3.8, 4) is 0 Å². The Labute approximate surface area is 92.0 Å². The molecule has 6 heteroatoms. The molecule has 0 radical (unpaired) electrons. The fraction of sp³-hybridized carbons (Fsp3) is 0.300. The van der Waals surface area contributed by atoms with Crippen LogP contribution in [0.3, 0.4) is 0 Å². The summed E-state index contributed by atoms with van der Waals surface area (Å²) in [6, 6.07) is 3.62. The third-order valence-electron chi connectivity index (χ3n) is 2.25. The number of nitrogens with zero attached hydrogens (tertiary/aromatic N) is 2. The zero-order valence-corrected chi connectivity index (χ0v) is 9.02. The molecule has 84 valence electrons. The molecule has 16 heavy (non-hydrogen) atoms. The Morgan fingerprint density at radius 1 is 1.56 bits per heavy atom. The van der Waals surface area contributed by atoms with Gasteiger partial charge in [-0.2, -0.15) is 10.3 Å². The first-order chi connectivity index (χ1) is 7.66. The van der Waals surface area contributed by atoms with E-state index in [0.29, 0.717) is 11.6 Å². The lowest BCUT2D eigenvalue weighted by molar-refractivity contribution is -0.117. The molecule has 0 fully saturated rings. The number of carbonyl (C=O) groups excluding carboxylic acids is 1. The van der Waals surface area contributed by atoms with Gasteiger partial charge in [-0.25, -0.2) is 0 Å². The van der Waals surface area contributed by atoms with Gasteiger partial charge in [0.1, 0.15) is 11.5 Å². The number of H-pyrrole nitrogens is 1. The molecule has 0 spiro atoms. The maximum atomic E-state index is 11.8. The van der Waals surface area contributed by atoms with Crippen LogP contribution >= 0.6 is 0 Å². The standard InChI is InChI=1S/C10H12N4O2/c1-6-3-4-8(16-6)7(2)10(15)12-9-5-11-14-13-9/h3-5,7H,1-2H3,(H2,11,12,13,14,15). The number of amides is 1. The molecule has 0 saturated heterocycles. The fourth-order valence-electron chi connectivity index (χ4n) is 1.31. The van der Waals surface area contributed by atoms with Crippen LogP contribution in [0.15, 0.2) is 22.7 Å². The zero-order valence-electron chi connectivity index (χ0n) is 9.02. The normalized spacial score (nSPS) is 12.4. The lowest BCUT2D eigenvalue weighted by Gasteiger charge is -2.07. The first-order valence-electron chi connectivity index (χ1n) is 4.90. The molecule has 0 aliphatic rings. The number of nitrogens with one attached hydrogen (secondary N) is 2. The van der Waals surface area contributed by atoms with Gasteiger partial charge in [-0.15, -0.1) is 5.10 Å². The van der Waals surface area contributed by atoms with Crippen molar-refractivity contribution in [2.45, 2.75) is 19.8 Å². The second-order valence-electron chi connectivity index (χ2n) is 3.51. The van der Waals surface area contributed by atoms with E-state index in [1.54, 1.807) is 13.0 Å². The summed E-state index contributed by atoms with van der Waals surface area (Å²) >= 11 is 0. The average molecular weight is 220 g/mol. The summed E-state index contributed by atoms with van der Waals surface area (Å²) < 4.78 is 5.38. The van der Waals surface area contributed by atoms with Crippen molar-refractivity contribution in [2.24, 2.45) is 0 Å². The van der Waals surface area contributed by atoms with Crippen LogP contribution in [-0.2, 0) is 4.79 Å². The number of aromatic nitrogens is 3. The van der Waals surface area contributed by atoms with Crippen molar-refractivity contribution in [3.05, 3.63) is 29.9 Å². The highest BCUT2D eigenvalue weighted by Gasteiger charge is 2.19. The lowest BCUT2D eigenvalue weighted by Crippen LogP contribution is -2.18. The summed E-state index contributed by atoms with van der Waals surface area (Å²) in [6.45, 7) is 3.61. The van der Waals surface area contributed by atoms with Gasteiger partial charge in [0.05, 0.1) is 12.1 Å². The van der Waals surface area contributed by atoms with Gasteiger partial charge in [0.15, 0.2) is 5.82 Å². The molecule has 1 atom stereocenters. The molecule has 0 aliphatic carbocycles. The van der Waals surface area contributed by atoms with E-state index in [2.05, 4.69) is 20.7 Å². The molecular formula is C10H12N4O2. The summed E-state index contributed by atoms with van der Waals surface area (Å²) in [4.78, 5) is 11.8. The number of hydrogen-bond acceptors (Lipinski definition) is 4. The average Bonchev–Trinajstić information content (AvgIpc) is 2.88. The van der Waals surface area contributed by atoms with E-state index in [1.807, 2.05) is 13.0 Å². The Morgan fingerprint density at radius 3 is 2.94 bits per heavy atom. The Bertz CT molecular complexity index is 475. The third-order valence-corrected chi connectivity index (χ3v) is 2.25. The molecule has 0 saturated carbocycles. The molecule has 6 nitrogen and oxygen atoms in total. The minimum absolute atomic E-state index is 0.178. The second-order valence-corrected chi connectivity index (χ2v) is 3.51. The van der Waals surface area contributed by atoms with Gasteiger partial charge in [0.25, 0.3) is 0 Å². The van der Waals surface area contributed by atoms with Gasteiger partial charge in [-0.1, -0.05) is 0 Å². The molecule has 0 bridgehead atoms. The van der Waals surface area contributed by atoms with Crippen molar-refractivity contribution in [1.29, 1.82) is 0 Å². The first kappa shape index (κ1) is 10.4. The van der Waals surface area contributed by atoms with Crippen LogP contribution in [-0.4, -0.2) is 21.3 Å². The maximum absolute atomic E-state index is 11.8. The zero-order chi connectivity index (χ0) is 11.5. The molecule has 2 heterocycles. The predicted octanol–water partition coefficient (Wildman–Crippen LogP) is 1.45. The number of anilines is 1. The Kier molecular flexibility index (Phi) is 2.72. The van der Waals surface area contributed by atoms with E-state index >= 15 is 0 Å². The summed E-state index contributed by atoms with van der Waals surface area (Å²) in [5, 5.41) is 12.4. The number of furan rings is 1. The lowest BCUT2D eigenvalue weighted by atomic mass is 10.1. The van der Waals surface area contributed by atoms with Crippen LogP contribution in [0.25, 0.3) is 0 Å². The van der Waals surface area contributed by atoms with Crippen LogP contribution in [0.1, 0.15) is 24.4 Å². The van der Waals surface area contributed by atoms with Crippen LogP contribution in [0, 0.1) is 6.92 Å². The van der Waals surface area contributed by atoms with Crippen molar-refractivity contribution in [2.75, 3.05) is 5.32 Å². The van der Waals surface area contributed by atoms with Gasteiger partial charge in [-0.3, -0.25) is 4.79 Å². The number of aromatic amines is 1. The highest BCUT2D eigenvalue weighted by molar-refractivity contribution is 5.94. The highest BCUT2D eigenvalue weighted by Crippen LogP contribution is 2.19. The Hall–Kier alpha value is -2.11. The smallest absolute Gasteiger partial charge is 0.236 e. The van der Waals surface area contributed by atoms with Crippen molar-refractivity contribution in [1.82, 2.24) is 15.4 Å². The van der Waals surface area contributed by atoms with Crippen LogP contribution < -0.4 is 5.32 Å². The molecule has 2 rings (SSSR count). The van der Waals surface area contributed by atoms with E-state index < -0.39 is 0 Å². The monoisotopic (exact) mass is 220 g/mol. The quantitative estimate of drug-likeness (QED) is 0.819. The van der Waals surface area contributed by atoms with Crippen LogP contribution in [0.2, 0.25) is 0 Å². The Morgan fingerprint density at radius 2 is 2.38 bits per heavy atom. The highest BCUT2D eigenvalue weighted by atomic mass is 16.3. The molecule has 1 amide bonds. The number of carbonyl (C=O) groups is 1. The van der Waals surface area contributed by atoms with E-state index in [4.69, 9.17) is 4.42 Å². The molecule has 2 N–H and O–H groups in total. The second kappa shape index (κ2) is 4.18. The predicted molar refractivity (Wildman–Crippen MR) is 56.9 cm³/mol. The number of rotatable bonds is 3. The maximum Gasteiger partial charge on any atom is 0.236 e. The Balaban J connectivity index is 2.05. The topological polar surface area (TPSA) is 83.8 Å². The van der Waals surface area contributed by atoms with E-state index in [9.17, 15) is 4.79 Å². The van der Waals surface area contributed by atoms with Crippen molar-refractivity contribution in [3.63, 3.8) is 0 Å². The van der Waals surface area contributed by atoms with Crippen LogP contribution in [0.5, 0.6) is 0 Å². The molecule has 1 unspecified atom stereocenters. The minimum Gasteiger partial charge on any atom is -0.466 e. The largest absolute Gasteiger partial charge is 0.466 e. The fourth-order valence-corrected chi connectivity index (χ4v) is 1.31. The minimum atomic E-state index is -0.356. The molecule has 0 aromatic carbocycles. The van der Waals surface area contributed by atoms with Crippen LogP contribution in [0.4, 0.5) is 5.82 Å². The molecular weight excluding hydrogens is 208 g/mol. The number of hydrogen-bond donors (Lipinski definition) is 2. The molecule has 0 aliphatic heterocycles. The summed E-state index contributed by atoms with van der Waals surface area (Å²) in [5.74, 6) is 1.29. The SMILES string of the molecule is Cc1ccc(C(C)C(=O)Nc2cn[nH]n2)o1. The third kappa shape index (κ3) is 2.10. The van der Waals surface area contributed by atoms with Crippen molar-refractivity contribution >= 4 is 11.7 Å². The summed E-state index contributed by atoms with van der Waals surface area (Å²) in [5.41, 5.74) is 0. The summed E-state index contributed by atoms with van der Waals surface area (Å²) in [7, 11) is 0. The van der Waals surface area contributed by atoms with E-state index in [-0.39, 0.29) is 11.8 Å². The van der Waals surface area contributed by atoms with Gasteiger partial charge in [0, 0.05) is 0 Å². The van der Waals surface area contributed by atoms with Gasteiger partial charge >= 0.3 is 0 Å². The molecule has 2 aromatic heterocycles. The first-order valence-corrected chi connectivity index (χ1v) is 4.90. The van der Waals surface area contributed by atoms with Gasteiger partial charge < -0.3 is 9.73 Å². The summed E-state index contributed by atoms with van der Waals surface area (Å²) in [6.07, 6.45) is 1.44. The number of aryl methyl sites for hydroxylation is 1. The van der Waals surface area contributed by atoms with Gasteiger partial charge in [-0.05, 0) is 26.0 Å². The van der Waals surface area contributed by atoms with E-state index in [0.717, 1.165) is 5.76 Å². The van der Waals surface area contributed by atoms with Gasteiger partial charge in [0.2, 0.25) is 5.91 Å². The van der Waals surface area contributed by atoms with E-state index in [1.165, 1.54) is 6.20 Å². The molecule has 2 aromatic rings. The van der Waals surface area contributed by atoms with Crippen molar-refractivity contribution < 1.29 is 9.21 Å².